The Labute approximate surface area is 160 Å². The van der Waals surface area contributed by atoms with Gasteiger partial charge in [-0.2, -0.15) is 0 Å². The van der Waals surface area contributed by atoms with Crippen LogP contribution in [0.15, 0.2) is 50.6 Å². The van der Waals surface area contributed by atoms with E-state index in [0.29, 0.717) is 28.8 Å². The highest BCUT2D eigenvalue weighted by Gasteiger charge is 2.19. The molecule has 1 aromatic heterocycles. The number of benzene rings is 2. The van der Waals surface area contributed by atoms with Crippen LogP contribution < -0.4 is 10.4 Å². The van der Waals surface area contributed by atoms with E-state index in [9.17, 15) is 13.2 Å². The van der Waals surface area contributed by atoms with Gasteiger partial charge in [0.2, 0.25) is 0 Å². The second-order valence-electron chi connectivity index (χ2n) is 6.01. The van der Waals surface area contributed by atoms with Crippen LogP contribution >= 0.6 is 15.9 Å². The Morgan fingerprint density at radius 3 is 2.08 bits per heavy atom. The van der Waals surface area contributed by atoms with Gasteiger partial charge in [-0.25, -0.2) is 13.2 Å². The summed E-state index contributed by atoms with van der Waals surface area (Å²) in [6, 6.07) is 10.1. The van der Waals surface area contributed by atoms with Crippen molar-refractivity contribution >= 4 is 42.7 Å². The van der Waals surface area contributed by atoms with Gasteiger partial charge in [0.15, 0.2) is 0 Å². The second kappa shape index (κ2) is 6.92. The number of anilines is 1. The van der Waals surface area contributed by atoms with Crippen molar-refractivity contribution in [2.24, 2.45) is 0 Å². The van der Waals surface area contributed by atoms with Crippen molar-refractivity contribution in [3.05, 3.63) is 56.9 Å². The van der Waals surface area contributed by atoms with Crippen LogP contribution in [0.25, 0.3) is 11.0 Å². The number of aromatic nitrogens is 2. The summed E-state index contributed by atoms with van der Waals surface area (Å²) in [5.41, 5.74) is 2.75. The van der Waals surface area contributed by atoms with E-state index in [1.807, 2.05) is 20.8 Å². The topological polar surface area (TPSA) is 73.1 Å². The van der Waals surface area contributed by atoms with Crippen LogP contribution in [0.5, 0.6) is 0 Å². The summed E-state index contributed by atoms with van der Waals surface area (Å²) in [7, 11) is -3.72. The highest BCUT2D eigenvalue weighted by molar-refractivity contribution is 9.10. The van der Waals surface area contributed by atoms with E-state index < -0.39 is 10.0 Å². The zero-order chi connectivity index (χ0) is 19.1. The first-order valence-electron chi connectivity index (χ1n) is 8.30. The molecule has 0 radical (unpaired) electrons. The molecule has 0 spiro atoms. The fraction of sp³-hybridized carbons (Fsp3) is 0.278. The van der Waals surface area contributed by atoms with Gasteiger partial charge >= 0.3 is 5.69 Å². The highest BCUT2D eigenvalue weighted by atomic mass is 79.9. The zero-order valence-corrected chi connectivity index (χ0v) is 17.2. The van der Waals surface area contributed by atoms with Crippen molar-refractivity contribution in [3.63, 3.8) is 0 Å². The molecular weight excluding hydrogens is 418 g/mol. The largest absolute Gasteiger partial charge is 0.329 e. The molecule has 1 N–H and O–H groups in total. The van der Waals surface area contributed by atoms with Gasteiger partial charge in [-0.3, -0.25) is 13.9 Å². The molecule has 0 aliphatic rings. The minimum absolute atomic E-state index is 0.101. The van der Waals surface area contributed by atoms with Crippen LogP contribution in [0.3, 0.4) is 0 Å². The SMILES string of the molecule is CCn1c(=O)n(CC)c2cc(NS(=O)(=O)c3ccc(C)cc3)c(Br)cc21. The van der Waals surface area contributed by atoms with Crippen LogP contribution in [-0.2, 0) is 23.1 Å². The fourth-order valence-corrected chi connectivity index (χ4v) is 4.58. The Morgan fingerprint density at radius 1 is 1.00 bits per heavy atom. The molecular formula is C18H20BrN3O3S. The molecule has 0 atom stereocenters. The van der Waals surface area contributed by atoms with E-state index >= 15 is 0 Å². The van der Waals surface area contributed by atoms with Gasteiger partial charge in [0.05, 0.1) is 21.6 Å². The number of fused-ring (bicyclic) bond motifs is 1. The van der Waals surface area contributed by atoms with Gasteiger partial charge in [-0.05, 0) is 61.0 Å². The third-order valence-electron chi connectivity index (χ3n) is 4.32. The quantitative estimate of drug-likeness (QED) is 0.660. The highest BCUT2D eigenvalue weighted by Crippen LogP contribution is 2.30. The molecule has 0 unspecified atom stereocenters. The maximum Gasteiger partial charge on any atom is 0.329 e. The lowest BCUT2D eigenvalue weighted by molar-refractivity contribution is 0.601. The normalized spacial score (nSPS) is 11.8. The Morgan fingerprint density at radius 2 is 1.54 bits per heavy atom. The first-order chi connectivity index (χ1) is 12.3. The molecule has 138 valence electrons. The molecule has 1 heterocycles. The molecule has 26 heavy (non-hydrogen) atoms. The first-order valence-corrected chi connectivity index (χ1v) is 10.6. The monoisotopic (exact) mass is 437 g/mol. The molecule has 0 amide bonds. The maximum absolute atomic E-state index is 12.7. The summed E-state index contributed by atoms with van der Waals surface area (Å²) in [5.74, 6) is 0. The van der Waals surface area contributed by atoms with Gasteiger partial charge in [0.25, 0.3) is 10.0 Å². The number of halogens is 1. The van der Waals surface area contributed by atoms with Gasteiger partial charge in [0.1, 0.15) is 0 Å². The summed E-state index contributed by atoms with van der Waals surface area (Å²) in [6.07, 6.45) is 0. The van der Waals surface area contributed by atoms with Gasteiger partial charge in [0, 0.05) is 17.6 Å². The van der Waals surface area contributed by atoms with E-state index in [1.165, 1.54) is 0 Å². The Bertz CT molecular complexity index is 1130. The molecule has 0 aliphatic carbocycles. The number of imidazole rings is 1. The van der Waals surface area contributed by atoms with Crippen LogP contribution in [0, 0.1) is 6.92 Å². The van der Waals surface area contributed by atoms with E-state index in [0.717, 1.165) is 11.1 Å². The molecule has 0 aliphatic heterocycles. The fourth-order valence-electron chi connectivity index (χ4n) is 2.95. The number of nitrogens with zero attached hydrogens (tertiary/aromatic N) is 2. The molecule has 3 rings (SSSR count). The molecule has 3 aromatic rings. The van der Waals surface area contributed by atoms with Crippen LogP contribution in [0.1, 0.15) is 19.4 Å². The summed E-state index contributed by atoms with van der Waals surface area (Å²) in [5, 5.41) is 0. The number of hydrogen-bond donors (Lipinski definition) is 1. The van der Waals surface area contributed by atoms with Gasteiger partial charge in [-0.15, -0.1) is 0 Å². The van der Waals surface area contributed by atoms with Crippen molar-refractivity contribution in [2.75, 3.05) is 4.72 Å². The maximum atomic E-state index is 12.7. The van der Waals surface area contributed by atoms with Crippen molar-refractivity contribution in [1.82, 2.24) is 9.13 Å². The number of nitrogens with one attached hydrogen (secondary N) is 1. The molecule has 0 fully saturated rings. The van der Waals surface area contributed by atoms with Crippen molar-refractivity contribution in [1.29, 1.82) is 0 Å². The third-order valence-corrected chi connectivity index (χ3v) is 6.35. The Kier molecular flexibility index (Phi) is 4.98. The minimum atomic E-state index is -3.72. The first kappa shape index (κ1) is 18.7. The predicted octanol–water partition coefficient (Wildman–Crippen LogP) is 3.71. The number of hydrogen-bond acceptors (Lipinski definition) is 3. The van der Waals surface area contributed by atoms with Crippen molar-refractivity contribution < 1.29 is 8.42 Å². The average Bonchev–Trinajstić information content (AvgIpc) is 2.85. The molecule has 2 aromatic carbocycles. The molecule has 8 heteroatoms. The van der Waals surface area contributed by atoms with E-state index in [2.05, 4.69) is 20.7 Å². The lowest BCUT2D eigenvalue weighted by atomic mass is 10.2. The van der Waals surface area contributed by atoms with Crippen LogP contribution in [0.2, 0.25) is 0 Å². The Hall–Kier alpha value is -2.06. The molecule has 0 saturated carbocycles. The predicted molar refractivity (Wildman–Crippen MR) is 107 cm³/mol. The summed E-state index contributed by atoms with van der Waals surface area (Å²) in [6.45, 7) is 6.75. The minimum Gasteiger partial charge on any atom is -0.292 e. The van der Waals surface area contributed by atoms with Gasteiger partial charge < -0.3 is 0 Å². The van der Waals surface area contributed by atoms with Crippen molar-refractivity contribution in [2.45, 2.75) is 38.8 Å². The Balaban J connectivity index is 2.12. The van der Waals surface area contributed by atoms with E-state index in [1.54, 1.807) is 45.5 Å². The second-order valence-corrected chi connectivity index (χ2v) is 8.55. The van der Waals surface area contributed by atoms with E-state index in [-0.39, 0.29) is 10.6 Å². The molecule has 6 nitrogen and oxygen atoms in total. The van der Waals surface area contributed by atoms with Crippen LogP contribution in [0.4, 0.5) is 5.69 Å². The molecule has 0 saturated heterocycles. The van der Waals surface area contributed by atoms with Crippen molar-refractivity contribution in [3.8, 4) is 0 Å². The standard InChI is InChI=1S/C18H20BrN3O3S/c1-4-21-16-10-14(19)15(11-17(16)22(5-2)18(21)23)20-26(24,25)13-8-6-12(3)7-9-13/h6-11,20H,4-5H2,1-3H3. The van der Waals surface area contributed by atoms with E-state index in [4.69, 9.17) is 0 Å². The van der Waals surface area contributed by atoms with Crippen LogP contribution in [-0.4, -0.2) is 17.6 Å². The smallest absolute Gasteiger partial charge is 0.292 e. The lowest BCUT2D eigenvalue weighted by Gasteiger charge is -2.11. The zero-order valence-electron chi connectivity index (χ0n) is 14.8. The lowest BCUT2D eigenvalue weighted by Crippen LogP contribution is -2.23. The summed E-state index contributed by atoms with van der Waals surface area (Å²) in [4.78, 5) is 12.7. The number of rotatable bonds is 5. The number of aryl methyl sites for hydroxylation is 3. The third kappa shape index (κ3) is 3.19. The summed E-state index contributed by atoms with van der Waals surface area (Å²) < 4.78 is 31.9. The summed E-state index contributed by atoms with van der Waals surface area (Å²) >= 11 is 3.42. The average molecular weight is 438 g/mol. The molecule has 0 bridgehead atoms. The van der Waals surface area contributed by atoms with Gasteiger partial charge in [-0.1, -0.05) is 17.7 Å². The number of sulfonamides is 1.